The second-order valence-electron chi connectivity index (χ2n) is 9.35. The average Bonchev–Trinajstić information content (AvgIpc) is 3.52. The number of fused-ring (bicyclic) bond motifs is 1. The molecule has 7 nitrogen and oxygen atoms in total. The first-order valence-corrected chi connectivity index (χ1v) is 12.4. The maximum absolute atomic E-state index is 13.4. The Morgan fingerprint density at radius 3 is 2.46 bits per heavy atom. The molecule has 1 aliphatic heterocycles. The fraction of sp³-hybridized carbons (Fsp3) is 0.286. The van der Waals surface area contributed by atoms with Gasteiger partial charge >= 0.3 is 12.1 Å². The third-order valence-corrected chi connectivity index (χ3v) is 6.35. The van der Waals surface area contributed by atoms with Gasteiger partial charge in [0.1, 0.15) is 11.6 Å². The summed E-state index contributed by atoms with van der Waals surface area (Å²) in [6.07, 6.45) is -3.98. The van der Waals surface area contributed by atoms with E-state index in [2.05, 4.69) is 68.7 Å². The molecule has 5 N–H and O–H groups in total. The molecule has 11 heteroatoms. The Bertz CT molecular complexity index is 1410. The number of aromatic nitrogens is 2. The molecule has 0 bridgehead atoms. The Morgan fingerprint density at radius 1 is 1.08 bits per heavy atom. The lowest BCUT2D eigenvalue weighted by Gasteiger charge is -2.15. The fourth-order valence-electron chi connectivity index (χ4n) is 4.34. The van der Waals surface area contributed by atoms with Crippen LogP contribution in [0.15, 0.2) is 66.7 Å². The van der Waals surface area contributed by atoms with Gasteiger partial charge in [-0.3, -0.25) is 0 Å². The van der Waals surface area contributed by atoms with Crippen molar-refractivity contribution in [1.82, 2.24) is 20.2 Å². The standard InChI is InChI=1S/C26H28FN5.C2HF3O2/c27-22-8-9-24-25(15-22)31-26(30-24)20-6-4-19(5-7-20)21-3-1-2-18(14-21)16-29-11-13-32-12-10-23(28)17-32;3-2(4,5)1(6)7/h1-9,14-15,23,29H,10-13,16-17,28H2,(H,30,31);(H,6,7). The number of alkyl halides is 3. The van der Waals surface area contributed by atoms with Gasteiger partial charge in [0, 0.05) is 37.8 Å². The zero-order chi connectivity index (χ0) is 28.0. The number of carboxylic acids is 1. The monoisotopic (exact) mass is 543 g/mol. The highest BCUT2D eigenvalue weighted by Gasteiger charge is 2.38. The molecule has 0 amide bonds. The number of H-pyrrole nitrogens is 1. The van der Waals surface area contributed by atoms with Gasteiger partial charge in [0.25, 0.3) is 0 Å². The van der Waals surface area contributed by atoms with E-state index in [0.29, 0.717) is 11.6 Å². The minimum Gasteiger partial charge on any atom is -0.475 e. The molecular formula is C28H29F4N5O2. The third kappa shape index (κ3) is 7.85. The number of rotatable bonds is 7. The molecule has 5 rings (SSSR count). The third-order valence-electron chi connectivity index (χ3n) is 6.35. The molecule has 1 aliphatic rings. The predicted octanol–water partition coefficient (Wildman–Crippen LogP) is 4.79. The first-order chi connectivity index (χ1) is 18.6. The quantitative estimate of drug-likeness (QED) is 0.197. The van der Waals surface area contributed by atoms with Gasteiger partial charge in [0.2, 0.25) is 0 Å². The molecular weight excluding hydrogens is 514 g/mol. The Kier molecular flexibility index (Phi) is 8.95. The molecule has 206 valence electrons. The van der Waals surface area contributed by atoms with E-state index >= 15 is 0 Å². The van der Waals surface area contributed by atoms with Gasteiger partial charge in [-0.25, -0.2) is 14.2 Å². The number of aliphatic carboxylic acids is 1. The SMILES string of the molecule is NC1CCN(CCNCc2cccc(-c3ccc(-c4nc5ccc(F)cc5[nH]4)cc3)c2)C1.O=C(O)C(F)(F)F. The smallest absolute Gasteiger partial charge is 0.475 e. The van der Waals surface area contributed by atoms with Crippen molar-refractivity contribution in [3.05, 3.63) is 78.1 Å². The van der Waals surface area contributed by atoms with Crippen molar-refractivity contribution in [3.8, 4) is 22.5 Å². The van der Waals surface area contributed by atoms with Crippen LogP contribution >= 0.6 is 0 Å². The van der Waals surface area contributed by atoms with Gasteiger partial charge in [-0.05, 0) is 53.9 Å². The van der Waals surface area contributed by atoms with Crippen LogP contribution in [-0.2, 0) is 11.3 Å². The molecule has 3 aromatic carbocycles. The number of likely N-dealkylation sites (tertiary alicyclic amines) is 1. The fourth-order valence-corrected chi connectivity index (χ4v) is 4.34. The van der Waals surface area contributed by atoms with Crippen molar-refractivity contribution in [2.75, 3.05) is 26.2 Å². The minimum atomic E-state index is -5.08. The predicted molar refractivity (Wildman–Crippen MR) is 141 cm³/mol. The average molecular weight is 544 g/mol. The first kappa shape index (κ1) is 28.2. The van der Waals surface area contributed by atoms with Gasteiger partial charge in [0.05, 0.1) is 11.0 Å². The summed E-state index contributed by atoms with van der Waals surface area (Å²) in [7, 11) is 0. The number of benzene rings is 3. The lowest BCUT2D eigenvalue weighted by molar-refractivity contribution is -0.192. The van der Waals surface area contributed by atoms with Crippen LogP contribution in [0.5, 0.6) is 0 Å². The first-order valence-electron chi connectivity index (χ1n) is 12.4. The van der Waals surface area contributed by atoms with E-state index < -0.39 is 12.1 Å². The Hall–Kier alpha value is -3.80. The minimum absolute atomic E-state index is 0.266. The zero-order valence-electron chi connectivity index (χ0n) is 21.0. The van der Waals surface area contributed by atoms with Crippen LogP contribution < -0.4 is 11.1 Å². The van der Waals surface area contributed by atoms with Crippen LogP contribution in [0.25, 0.3) is 33.5 Å². The number of hydrogen-bond acceptors (Lipinski definition) is 5. The molecule has 4 aromatic rings. The van der Waals surface area contributed by atoms with E-state index in [1.54, 1.807) is 6.07 Å². The number of imidazole rings is 1. The highest BCUT2D eigenvalue weighted by atomic mass is 19.4. The summed E-state index contributed by atoms with van der Waals surface area (Å²) < 4.78 is 45.2. The van der Waals surface area contributed by atoms with Crippen LogP contribution in [0.1, 0.15) is 12.0 Å². The molecule has 2 heterocycles. The summed E-state index contributed by atoms with van der Waals surface area (Å²) in [6, 6.07) is 21.9. The van der Waals surface area contributed by atoms with Crippen LogP contribution in [0, 0.1) is 5.82 Å². The zero-order valence-corrected chi connectivity index (χ0v) is 21.0. The van der Waals surface area contributed by atoms with E-state index in [4.69, 9.17) is 15.6 Å². The molecule has 0 spiro atoms. The van der Waals surface area contributed by atoms with Crippen molar-refractivity contribution < 1.29 is 27.5 Å². The molecule has 0 saturated carbocycles. The second kappa shape index (κ2) is 12.4. The highest BCUT2D eigenvalue weighted by molar-refractivity contribution is 5.80. The number of nitrogens with two attached hydrogens (primary N) is 1. The Balaban J connectivity index is 0.000000448. The lowest BCUT2D eigenvalue weighted by atomic mass is 10.0. The molecule has 39 heavy (non-hydrogen) atoms. The summed E-state index contributed by atoms with van der Waals surface area (Å²) >= 11 is 0. The van der Waals surface area contributed by atoms with Crippen molar-refractivity contribution in [1.29, 1.82) is 0 Å². The topological polar surface area (TPSA) is 107 Å². The maximum atomic E-state index is 13.4. The summed E-state index contributed by atoms with van der Waals surface area (Å²) in [5.74, 6) is -2.28. The van der Waals surface area contributed by atoms with Crippen LogP contribution in [-0.4, -0.2) is 64.3 Å². The maximum Gasteiger partial charge on any atom is 0.490 e. The van der Waals surface area contributed by atoms with Crippen molar-refractivity contribution in [2.45, 2.75) is 25.2 Å². The van der Waals surface area contributed by atoms with Gasteiger partial charge in [-0.2, -0.15) is 13.2 Å². The second-order valence-corrected chi connectivity index (χ2v) is 9.35. The Morgan fingerprint density at radius 2 is 1.79 bits per heavy atom. The highest BCUT2D eigenvalue weighted by Crippen LogP contribution is 2.26. The normalized spacial score (nSPS) is 15.8. The lowest BCUT2D eigenvalue weighted by Crippen LogP contribution is -2.32. The van der Waals surface area contributed by atoms with Gasteiger partial charge in [-0.15, -0.1) is 0 Å². The summed E-state index contributed by atoms with van der Waals surface area (Å²) in [6.45, 7) is 4.98. The molecule has 0 aliphatic carbocycles. The number of hydrogen-bond donors (Lipinski definition) is 4. The van der Waals surface area contributed by atoms with Crippen molar-refractivity contribution in [2.24, 2.45) is 5.73 Å². The van der Waals surface area contributed by atoms with E-state index in [1.807, 2.05) is 0 Å². The Labute approximate surface area is 222 Å². The number of halogens is 4. The molecule has 1 fully saturated rings. The summed E-state index contributed by atoms with van der Waals surface area (Å²) in [4.78, 5) is 19.1. The molecule has 1 atom stereocenters. The molecule has 0 radical (unpaired) electrons. The van der Waals surface area contributed by atoms with Crippen LogP contribution in [0.4, 0.5) is 17.6 Å². The molecule has 1 aromatic heterocycles. The van der Waals surface area contributed by atoms with E-state index in [1.165, 1.54) is 23.3 Å². The van der Waals surface area contributed by atoms with Gasteiger partial charge in [-0.1, -0.05) is 42.5 Å². The summed E-state index contributed by atoms with van der Waals surface area (Å²) in [5, 5.41) is 10.7. The number of nitrogens with one attached hydrogen (secondary N) is 2. The number of nitrogens with zero attached hydrogens (tertiary/aromatic N) is 2. The summed E-state index contributed by atoms with van der Waals surface area (Å²) in [5.41, 5.74) is 12.0. The molecule has 1 unspecified atom stereocenters. The van der Waals surface area contributed by atoms with Crippen molar-refractivity contribution >= 4 is 17.0 Å². The number of aromatic amines is 1. The van der Waals surface area contributed by atoms with Crippen LogP contribution in [0.2, 0.25) is 0 Å². The van der Waals surface area contributed by atoms with Gasteiger partial charge in [0.15, 0.2) is 0 Å². The number of carbonyl (C=O) groups is 1. The van der Waals surface area contributed by atoms with E-state index in [0.717, 1.165) is 61.6 Å². The molecule has 1 saturated heterocycles. The van der Waals surface area contributed by atoms with E-state index in [9.17, 15) is 17.6 Å². The van der Waals surface area contributed by atoms with Gasteiger partial charge < -0.3 is 26.0 Å². The van der Waals surface area contributed by atoms with E-state index in [-0.39, 0.29) is 5.82 Å². The van der Waals surface area contributed by atoms with Crippen LogP contribution in [0.3, 0.4) is 0 Å². The van der Waals surface area contributed by atoms with Crippen molar-refractivity contribution in [3.63, 3.8) is 0 Å². The largest absolute Gasteiger partial charge is 0.490 e. The number of carboxylic acid groups (broad SMARTS) is 1.